The summed E-state index contributed by atoms with van der Waals surface area (Å²) in [5.74, 6) is 0.963. The highest BCUT2D eigenvalue weighted by atomic mass is 127. The van der Waals surface area contributed by atoms with E-state index < -0.39 is 12.8 Å². The Morgan fingerprint density at radius 2 is 1.71 bits per heavy atom. The van der Waals surface area contributed by atoms with Crippen LogP contribution < -0.4 is 25.3 Å². The second-order valence-corrected chi connectivity index (χ2v) is 5.42. The molecule has 6 nitrogen and oxygen atoms in total. The van der Waals surface area contributed by atoms with E-state index in [0.29, 0.717) is 17.0 Å². The van der Waals surface area contributed by atoms with Gasteiger partial charge in [-0.15, -0.1) is 24.0 Å². The van der Waals surface area contributed by atoms with E-state index in [-0.39, 0.29) is 48.0 Å². The summed E-state index contributed by atoms with van der Waals surface area (Å²) in [6.07, 6.45) is -4.42. The molecule has 0 saturated heterocycles. The Hall–Kier alpha value is -2.37. The number of para-hydroxylation sites is 2. The molecule has 0 fully saturated rings. The highest BCUT2D eigenvalue weighted by Crippen LogP contribution is 2.30. The average Bonchev–Trinajstić information content (AvgIpc) is 2.64. The lowest BCUT2D eigenvalue weighted by atomic mass is 10.2. The van der Waals surface area contributed by atoms with Gasteiger partial charge in [0.05, 0.1) is 26.5 Å². The molecule has 0 saturated carbocycles. The highest BCUT2D eigenvalue weighted by molar-refractivity contribution is 14.0. The second-order valence-electron chi connectivity index (χ2n) is 5.42. The fourth-order valence-electron chi connectivity index (χ4n) is 2.19. The third-order valence-corrected chi connectivity index (χ3v) is 3.42. The van der Waals surface area contributed by atoms with Gasteiger partial charge in [-0.25, -0.2) is 4.99 Å². The largest absolute Gasteiger partial charge is 0.495 e. The number of aliphatic imine (C=N–C) groups is 1. The van der Waals surface area contributed by atoms with Crippen LogP contribution in [0.5, 0.6) is 17.2 Å². The Morgan fingerprint density at radius 3 is 2.36 bits per heavy atom. The van der Waals surface area contributed by atoms with Crippen LogP contribution in [0.1, 0.15) is 5.56 Å². The lowest BCUT2D eigenvalue weighted by Gasteiger charge is -2.13. The smallest absolute Gasteiger partial charge is 0.422 e. The first-order chi connectivity index (χ1) is 12.8. The summed E-state index contributed by atoms with van der Waals surface area (Å²) >= 11 is 0. The highest BCUT2D eigenvalue weighted by Gasteiger charge is 2.29. The van der Waals surface area contributed by atoms with E-state index in [9.17, 15) is 13.2 Å². The first-order valence-electron chi connectivity index (χ1n) is 7.89. The van der Waals surface area contributed by atoms with Gasteiger partial charge < -0.3 is 25.3 Å². The predicted octanol–water partition coefficient (Wildman–Crippen LogP) is 4.19. The molecule has 0 spiro atoms. The molecular formula is C18H21F3IN3O3. The van der Waals surface area contributed by atoms with Gasteiger partial charge in [-0.3, -0.25) is 0 Å². The zero-order chi connectivity index (χ0) is 19.9. The molecule has 0 unspecified atom stereocenters. The zero-order valence-electron chi connectivity index (χ0n) is 15.2. The van der Waals surface area contributed by atoms with Crippen molar-refractivity contribution in [2.24, 2.45) is 10.7 Å². The number of nitrogens with two attached hydrogens (primary N) is 1. The molecule has 0 aliphatic rings. The lowest BCUT2D eigenvalue weighted by Crippen LogP contribution is -2.23. The third kappa shape index (κ3) is 7.33. The van der Waals surface area contributed by atoms with E-state index in [2.05, 4.69) is 10.3 Å². The maximum Gasteiger partial charge on any atom is 0.422 e. The number of hydrogen-bond acceptors (Lipinski definition) is 4. The summed E-state index contributed by atoms with van der Waals surface area (Å²) in [6, 6.07) is 11.8. The Kier molecular flexibility index (Phi) is 9.16. The van der Waals surface area contributed by atoms with Crippen LogP contribution >= 0.6 is 24.0 Å². The number of rotatable bonds is 7. The van der Waals surface area contributed by atoms with Crippen molar-refractivity contribution in [2.75, 3.05) is 26.1 Å². The van der Waals surface area contributed by atoms with E-state index >= 15 is 0 Å². The van der Waals surface area contributed by atoms with Crippen molar-refractivity contribution in [1.29, 1.82) is 0 Å². The number of guanidine groups is 1. The molecule has 3 N–H and O–H groups in total. The van der Waals surface area contributed by atoms with Crippen LogP contribution in [0.4, 0.5) is 18.9 Å². The number of hydrogen-bond donors (Lipinski definition) is 2. The van der Waals surface area contributed by atoms with Gasteiger partial charge in [0.2, 0.25) is 0 Å². The molecule has 0 aromatic heterocycles. The van der Waals surface area contributed by atoms with E-state index in [0.717, 1.165) is 0 Å². The summed E-state index contributed by atoms with van der Waals surface area (Å²) < 4.78 is 51.9. The lowest BCUT2D eigenvalue weighted by molar-refractivity contribution is -0.153. The van der Waals surface area contributed by atoms with Crippen LogP contribution in [0.3, 0.4) is 0 Å². The fraction of sp³-hybridized carbons (Fsp3) is 0.278. The molecule has 2 aromatic rings. The number of nitrogens with zero attached hydrogens (tertiary/aromatic N) is 1. The van der Waals surface area contributed by atoms with Gasteiger partial charge in [-0.1, -0.05) is 18.2 Å². The Balaban J connectivity index is 0.00000392. The predicted molar refractivity (Wildman–Crippen MR) is 112 cm³/mol. The minimum Gasteiger partial charge on any atom is -0.495 e. The maximum absolute atomic E-state index is 12.3. The number of nitrogens with one attached hydrogen (secondary N) is 1. The minimum absolute atomic E-state index is 0. The van der Waals surface area contributed by atoms with Gasteiger partial charge in [-0.2, -0.15) is 13.2 Å². The first-order valence-corrected chi connectivity index (χ1v) is 7.89. The third-order valence-electron chi connectivity index (χ3n) is 3.42. The monoisotopic (exact) mass is 511 g/mol. The van der Waals surface area contributed by atoms with E-state index in [1.54, 1.807) is 31.4 Å². The van der Waals surface area contributed by atoms with Gasteiger partial charge in [0.15, 0.2) is 24.1 Å². The molecule has 10 heteroatoms. The summed E-state index contributed by atoms with van der Waals surface area (Å²) in [5, 5.41) is 2.93. The number of ether oxygens (including phenoxy) is 3. The van der Waals surface area contributed by atoms with Crippen LogP contribution in [0.15, 0.2) is 47.5 Å². The van der Waals surface area contributed by atoms with E-state index in [1.165, 1.54) is 13.2 Å². The fourth-order valence-corrected chi connectivity index (χ4v) is 2.19. The number of alkyl halides is 3. The van der Waals surface area contributed by atoms with Crippen LogP contribution in [0, 0.1) is 0 Å². The Morgan fingerprint density at radius 1 is 1.04 bits per heavy atom. The van der Waals surface area contributed by atoms with Crippen molar-refractivity contribution >= 4 is 35.6 Å². The number of halogens is 4. The van der Waals surface area contributed by atoms with Crippen molar-refractivity contribution in [3.63, 3.8) is 0 Å². The molecule has 0 aliphatic carbocycles. The Bertz CT molecular complexity index is 801. The normalized spacial score (nSPS) is 11.4. The summed E-state index contributed by atoms with van der Waals surface area (Å²) in [6.45, 7) is -1.19. The first kappa shape index (κ1) is 23.7. The molecule has 0 heterocycles. The molecule has 154 valence electrons. The van der Waals surface area contributed by atoms with E-state index in [4.69, 9.17) is 19.9 Å². The van der Waals surface area contributed by atoms with Gasteiger partial charge in [-0.05, 0) is 29.8 Å². The molecule has 0 amide bonds. The Labute approximate surface area is 177 Å². The van der Waals surface area contributed by atoms with Crippen molar-refractivity contribution in [3.8, 4) is 17.2 Å². The summed E-state index contributed by atoms with van der Waals surface area (Å²) in [4.78, 5) is 4.21. The number of anilines is 1. The number of methoxy groups -OCH3 is 2. The molecule has 0 radical (unpaired) electrons. The van der Waals surface area contributed by atoms with Crippen molar-refractivity contribution < 1.29 is 27.4 Å². The maximum atomic E-state index is 12.3. The van der Waals surface area contributed by atoms with Crippen LogP contribution in [-0.4, -0.2) is 33.0 Å². The second kappa shape index (κ2) is 10.8. The van der Waals surface area contributed by atoms with Crippen LogP contribution in [-0.2, 0) is 6.54 Å². The molecule has 28 heavy (non-hydrogen) atoms. The SMILES string of the molecule is COc1ccccc1NC(N)=NCc1ccc(OCC(F)(F)F)c(OC)c1.I. The van der Waals surface area contributed by atoms with Gasteiger partial charge in [0, 0.05) is 0 Å². The zero-order valence-corrected chi connectivity index (χ0v) is 17.6. The minimum atomic E-state index is -4.42. The van der Waals surface area contributed by atoms with Crippen molar-refractivity contribution in [1.82, 2.24) is 0 Å². The van der Waals surface area contributed by atoms with Gasteiger partial charge in [0.1, 0.15) is 5.75 Å². The quantitative estimate of drug-likeness (QED) is 0.331. The van der Waals surface area contributed by atoms with Crippen LogP contribution in [0.2, 0.25) is 0 Å². The summed E-state index contributed by atoms with van der Waals surface area (Å²) in [7, 11) is 2.89. The molecule has 0 atom stereocenters. The van der Waals surface area contributed by atoms with Gasteiger partial charge >= 0.3 is 6.18 Å². The molecule has 0 aliphatic heterocycles. The van der Waals surface area contributed by atoms with Crippen LogP contribution in [0.25, 0.3) is 0 Å². The van der Waals surface area contributed by atoms with Crippen molar-refractivity contribution in [2.45, 2.75) is 12.7 Å². The summed E-state index contributed by atoms with van der Waals surface area (Å²) in [5.41, 5.74) is 7.23. The topological polar surface area (TPSA) is 78.1 Å². The van der Waals surface area contributed by atoms with Crippen molar-refractivity contribution in [3.05, 3.63) is 48.0 Å². The molecular weight excluding hydrogens is 490 g/mol. The molecule has 2 rings (SSSR count). The average molecular weight is 511 g/mol. The molecule has 2 aromatic carbocycles. The van der Waals surface area contributed by atoms with E-state index in [1.807, 2.05) is 12.1 Å². The molecule has 0 bridgehead atoms. The van der Waals surface area contributed by atoms with Gasteiger partial charge in [0.25, 0.3) is 0 Å². The standard InChI is InChI=1S/C18H20F3N3O3.HI/c1-25-14-6-4-3-5-13(14)24-17(22)23-10-12-7-8-15(16(9-12)26-2)27-11-18(19,20)21;/h3-9H,10-11H2,1-2H3,(H3,22,23,24);1H. The number of benzene rings is 2.